The Balaban J connectivity index is 2.22. The molecule has 0 bridgehead atoms. The Labute approximate surface area is 91.7 Å². The summed E-state index contributed by atoms with van der Waals surface area (Å²) in [5.41, 5.74) is 0.0215. The molecule has 1 spiro atoms. The zero-order valence-corrected chi connectivity index (χ0v) is 8.24. The van der Waals surface area contributed by atoms with Crippen molar-refractivity contribution in [1.29, 1.82) is 0 Å². The highest BCUT2D eigenvalue weighted by atomic mass is 16.2. The number of anilines is 2. The normalized spacial score (nSPS) is 25.0. The van der Waals surface area contributed by atoms with E-state index in [0.29, 0.717) is 30.0 Å². The molecule has 1 aromatic heterocycles. The predicted molar refractivity (Wildman–Crippen MR) is 55.8 cm³/mol. The molecule has 1 aromatic rings. The van der Waals surface area contributed by atoms with Crippen LogP contribution >= 0.6 is 0 Å². The molecule has 2 heterocycles. The third-order valence-corrected chi connectivity index (χ3v) is 3.04. The van der Waals surface area contributed by atoms with Gasteiger partial charge in [0.25, 0.3) is 0 Å². The molecule has 1 aliphatic heterocycles. The number of rotatable bonds is 0. The number of aromatic nitrogens is 2. The minimum absolute atomic E-state index is 0.274. The van der Waals surface area contributed by atoms with Gasteiger partial charge >= 0.3 is 0 Å². The Hall–Kier alpha value is -1.65. The van der Waals surface area contributed by atoms with Gasteiger partial charge in [0.05, 0.1) is 5.69 Å². The Morgan fingerprint density at radius 3 is 3.07 bits per heavy atom. The molecule has 0 saturated heterocycles. The lowest BCUT2D eigenvalue weighted by Gasteiger charge is -2.34. The number of likely N-dealkylation sites (N-methyl/N-ethyl adjacent to an activating group) is 1. The maximum atomic E-state index is 12.1. The van der Waals surface area contributed by atoms with Crippen molar-refractivity contribution in [3.8, 4) is 0 Å². The van der Waals surface area contributed by atoms with Crippen molar-refractivity contribution >= 4 is 17.4 Å². The zero-order valence-electron chi connectivity index (χ0n) is 11.2. The number of nitrogens with zero attached hydrogens (tertiary/aromatic N) is 3. The van der Waals surface area contributed by atoms with Crippen LogP contribution in [-0.2, 0) is 4.79 Å². The molecular weight excluding hydrogens is 192 g/mol. The minimum atomic E-state index is -2.39. The average Bonchev–Trinajstić information content (AvgIpc) is 3.01. The van der Waals surface area contributed by atoms with Gasteiger partial charge in [0.1, 0.15) is 17.6 Å². The molecule has 3 rings (SSSR count). The second kappa shape index (κ2) is 2.48. The van der Waals surface area contributed by atoms with Crippen LogP contribution in [0.2, 0.25) is 0 Å². The third-order valence-electron chi connectivity index (χ3n) is 3.04. The Kier molecular flexibility index (Phi) is 0.998. The Bertz CT molecular complexity index is 538. The summed E-state index contributed by atoms with van der Waals surface area (Å²) in [7, 11) is 0. The Morgan fingerprint density at radius 2 is 2.40 bits per heavy atom. The van der Waals surface area contributed by atoms with Gasteiger partial charge in [0.2, 0.25) is 5.91 Å². The van der Waals surface area contributed by atoms with Crippen molar-refractivity contribution in [3.63, 3.8) is 0 Å². The summed E-state index contributed by atoms with van der Waals surface area (Å²) < 4.78 is 22.9. The van der Waals surface area contributed by atoms with E-state index >= 15 is 0 Å². The van der Waals surface area contributed by atoms with Gasteiger partial charge in [-0.05, 0) is 19.8 Å². The lowest BCUT2D eigenvalue weighted by molar-refractivity contribution is -0.118. The highest BCUT2D eigenvalue weighted by Gasteiger charge is 2.56. The summed E-state index contributed by atoms with van der Waals surface area (Å²) in [4.78, 5) is 21.3. The Morgan fingerprint density at radius 1 is 1.60 bits per heavy atom. The number of aryl methyl sites for hydroxylation is 1. The van der Waals surface area contributed by atoms with Crippen molar-refractivity contribution in [2.45, 2.75) is 25.3 Å². The molecule has 0 atom stereocenters. The average molecular weight is 207 g/mol. The number of amides is 1. The summed E-state index contributed by atoms with van der Waals surface area (Å²) >= 11 is 0. The lowest BCUT2D eigenvalue weighted by Crippen LogP contribution is -2.49. The van der Waals surface area contributed by atoms with Crippen molar-refractivity contribution in [3.05, 3.63) is 12.0 Å². The summed E-state index contributed by atoms with van der Waals surface area (Å²) in [5.74, 6) is 0.0172. The van der Waals surface area contributed by atoms with E-state index in [4.69, 9.17) is 4.11 Å². The minimum Gasteiger partial charge on any atom is -0.343 e. The first-order valence-corrected chi connectivity index (χ1v) is 4.80. The number of carbonyl (C=O) groups is 1. The molecule has 0 unspecified atom stereocenters. The molecular formula is C10H12N4O. The molecule has 5 heteroatoms. The van der Waals surface area contributed by atoms with Crippen LogP contribution in [0, 0.1) is 6.92 Å². The van der Waals surface area contributed by atoms with E-state index in [-0.39, 0.29) is 5.91 Å². The smallest absolute Gasteiger partial charge is 0.250 e. The monoisotopic (exact) mass is 207 g/mol. The highest BCUT2D eigenvalue weighted by Crippen LogP contribution is 2.48. The first kappa shape index (κ1) is 6.05. The van der Waals surface area contributed by atoms with Crippen LogP contribution in [0.4, 0.5) is 11.5 Å². The molecule has 1 fully saturated rings. The number of hydrogen-bond donors (Lipinski definition) is 1. The van der Waals surface area contributed by atoms with Crippen LogP contribution in [0.25, 0.3) is 0 Å². The van der Waals surface area contributed by atoms with Gasteiger partial charge in [0.15, 0.2) is 5.82 Å². The standard InChI is InChI=1S/C10H12N4O/c1-6-7-8(12-5-11-6)14(2)10(3-4-10)9(15)13-7/h5H,3-4H2,1-2H3,(H,13,15)/i2D3. The molecule has 1 aliphatic carbocycles. The lowest BCUT2D eigenvalue weighted by atomic mass is 10.1. The number of nitrogens with one attached hydrogen (secondary N) is 1. The third kappa shape index (κ3) is 0.948. The maximum absolute atomic E-state index is 12.1. The molecule has 0 radical (unpaired) electrons. The first-order valence-electron chi connectivity index (χ1n) is 6.30. The SMILES string of the molecule is [2H]C([2H])([2H])N1c2ncnc(C)c2NC(=O)C12CC2. The summed E-state index contributed by atoms with van der Waals surface area (Å²) in [5, 5.41) is 2.73. The second-order valence-corrected chi connectivity index (χ2v) is 3.98. The van der Waals surface area contributed by atoms with Crippen LogP contribution in [0.3, 0.4) is 0 Å². The molecule has 1 N–H and O–H groups in total. The summed E-state index contributed by atoms with van der Waals surface area (Å²) in [6, 6.07) is 0. The second-order valence-electron chi connectivity index (χ2n) is 3.98. The van der Waals surface area contributed by atoms with E-state index in [2.05, 4.69) is 15.3 Å². The van der Waals surface area contributed by atoms with Gasteiger partial charge in [-0.3, -0.25) is 4.79 Å². The van der Waals surface area contributed by atoms with Gasteiger partial charge in [-0.1, -0.05) is 0 Å². The van der Waals surface area contributed by atoms with Crippen molar-refractivity contribution in [2.75, 3.05) is 17.2 Å². The van der Waals surface area contributed by atoms with Crippen LogP contribution < -0.4 is 10.2 Å². The van der Waals surface area contributed by atoms with E-state index in [0.717, 1.165) is 0 Å². The number of hydrogen-bond acceptors (Lipinski definition) is 4. The van der Waals surface area contributed by atoms with E-state index < -0.39 is 12.5 Å². The quantitative estimate of drug-likeness (QED) is 0.680. The fourth-order valence-electron chi connectivity index (χ4n) is 1.88. The van der Waals surface area contributed by atoms with Gasteiger partial charge in [-0.15, -0.1) is 0 Å². The van der Waals surface area contributed by atoms with Crippen LogP contribution in [0.5, 0.6) is 0 Å². The molecule has 1 amide bonds. The molecule has 1 saturated carbocycles. The van der Waals surface area contributed by atoms with Gasteiger partial charge < -0.3 is 10.2 Å². The maximum Gasteiger partial charge on any atom is 0.250 e. The topological polar surface area (TPSA) is 58.1 Å². The largest absolute Gasteiger partial charge is 0.343 e. The van der Waals surface area contributed by atoms with Gasteiger partial charge in [0, 0.05) is 11.1 Å². The number of carbonyl (C=O) groups excluding carboxylic acids is 1. The molecule has 78 valence electrons. The van der Waals surface area contributed by atoms with Crippen molar-refractivity contribution in [2.24, 2.45) is 0 Å². The molecule has 15 heavy (non-hydrogen) atoms. The summed E-state index contributed by atoms with van der Waals surface area (Å²) in [6.45, 7) is -0.673. The summed E-state index contributed by atoms with van der Waals surface area (Å²) in [6.07, 6.45) is 2.40. The fourth-order valence-corrected chi connectivity index (χ4v) is 1.88. The van der Waals surface area contributed by atoms with E-state index in [9.17, 15) is 4.79 Å². The van der Waals surface area contributed by atoms with E-state index in [1.807, 2.05) is 0 Å². The zero-order chi connectivity index (χ0) is 13.1. The van der Waals surface area contributed by atoms with Crippen molar-refractivity contribution < 1.29 is 8.91 Å². The molecule has 0 aromatic carbocycles. The van der Waals surface area contributed by atoms with Gasteiger partial charge in [-0.25, -0.2) is 9.97 Å². The van der Waals surface area contributed by atoms with E-state index in [1.165, 1.54) is 11.2 Å². The molecule has 2 aliphatic rings. The van der Waals surface area contributed by atoms with Crippen LogP contribution in [0.1, 0.15) is 22.6 Å². The number of fused-ring (bicyclic) bond motifs is 1. The first-order chi connectivity index (χ1) is 8.36. The van der Waals surface area contributed by atoms with Crippen molar-refractivity contribution in [1.82, 2.24) is 9.97 Å². The predicted octanol–water partition coefficient (Wildman–Crippen LogP) is 0.706. The van der Waals surface area contributed by atoms with E-state index in [1.54, 1.807) is 6.92 Å². The fraction of sp³-hybridized carbons (Fsp3) is 0.500. The van der Waals surface area contributed by atoms with Crippen LogP contribution in [-0.4, -0.2) is 28.4 Å². The van der Waals surface area contributed by atoms with Gasteiger partial charge in [-0.2, -0.15) is 0 Å². The highest BCUT2D eigenvalue weighted by molar-refractivity contribution is 6.08. The van der Waals surface area contributed by atoms with Crippen LogP contribution in [0.15, 0.2) is 6.33 Å². The molecule has 5 nitrogen and oxygen atoms in total.